The van der Waals surface area contributed by atoms with Crippen molar-refractivity contribution in [1.29, 1.82) is 0 Å². The predicted molar refractivity (Wildman–Crippen MR) is 120 cm³/mol. The number of carbonyl (C=O) groups excluding carboxylic acids is 1. The molecule has 0 unspecified atom stereocenters. The number of benzene rings is 2. The Bertz CT molecular complexity index is 813. The van der Waals surface area contributed by atoms with Gasteiger partial charge in [-0.3, -0.25) is 9.69 Å². The van der Waals surface area contributed by atoms with Crippen LogP contribution in [0.4, 0.5) is 5.69 Å². The van der Waals surface area contributed by atoms with Crippen molar-refractivity contribution in [2.75, 3.05) is 25.6 Å². The lowest BCUT2D eigenvalue weighted by atomic mass is 10.2. The summed E-state index contributed by atoms with van der Waals surface area (Å²) in [7, 11) is 1.59. The first-order valence-electron chi connectivity index (χ1n) is 9.55. The van der Waals surface area contributed by atoms with Crippen LogP contribution in [-0.2, 0) is 0 Å². The van der Waals surface area contributed by atoms with E-state index in [0.29, 0.717) is 51.5 Å². The average molecular weight is 439 g/mol. The van der Waals surface area contributed by atoms with E-state index in [1.807, 2.05) is 0 Å². The molecule has 5 nitrogen and oxygen atoms in total. The van der Waals surface area contributed by atoms with Gasteiger partial charge in [0.1, 0.15) is 6.61 Å². The molecule has 7 heteroatoms. The first kappa shape index (κ1) is 23.3. The van der Waals surface area contributed by atoms with Gasteiger partial charge < -0.3 is 14.8 Å². The van der Waals surface area contributed by atoms with Crippen molar-refractivity contribution in [3.8, 4) is 11.5 Å². The Balaban J connectivity index is 2.10. The Morgan fingerprint density at radius 1 is 1.00 bits per heavy atom. The normalized spacial score (nSPS) is 11.2. The molecule has 0 aliphatic rings. The van der Waals surface area contributed by atoms with Gasteiger partial charge in [0, 0.05) is 46.0 Å². The zero-order valence-electron chi connectivity index (χ0n) is 17.5. The number of halogens is 2. The maximum Gasteiger partial charge on any atom is 0.255 e. The van der Waals surface area contributed by atoms with Crippen LogP contribution in [0.2, 0.25) is 10.0 Å². The summed E-state index contributed by atoms with van der Waals surface area (Å²) in [6.07, 6.45) is 0. The summed E-state index contributed by atoms with van der Waals surface area (Å²) in [6, 6.07) is 10.8. The zero-order chi connectivity index (χ0) is 21.6. The van der Waals surface area contributed by atoms with Gasteiger partial charge in [-0.25, -0.2) is 0 Å². The lowest BCUT2D eigenvalue weighted by Crippen LogP contribution is -2.39. The number of hydrogen-bond acceptors (Lipinski definition) is 4. The van der Waals surface area contributed by atoms with Crippen molar-refractivity contribution in [2.45, 2.75) is 39.8 Å². The van der Waals surface area contributed by atoms with E-state index in [4.69, 9.17) is 32.7 Å². The van der Waals surface area contributed by atoms with Gasteiger partial charge in [0.2, 0.25) is 0 Å². The van der Waals surface area contributed by atoms with E-state index < -0.39 is 0 Å². The molecule has 29 heavy (non-hydrogen) atoms. The van der Waals surface area contributed by atoms with Crippen LogP contribution >= 0.6 is 23.2 Å². The van der Waals surface area contributed by atoms with Crippen LogP contribution in [-0.4, -0.2) is 43.2 Å². The molecular formula is C22H28Cl2N2O3. The van der Waals surface area contributed by atoms with Gasteiger partial charge in [0.25, 0.3) is 5.91 Å². The minimum Gasteiger partial charge on any atom is -0.493 e. The topological polar surface area (TPSA) is 50.8 Å². The SMILES string of the molecule is COc1ccc(NC(=O)c2cc(Cl)cc(Cl)c2)cc1OCCN(C(C)C)C(C)C. The van der Waals surface area contributed by atoms with Gasteiger partial charge in [0.05, 0.1) is 7.11 Å². The number of methoxy groups -OCH3 is 1. The first-order valence-corrected chi connectivity index (χ1v) is 10.3. The molecule has 0 saturated heterocycles. The van der Waals surface area contributed by atoms with E-state index in [1.165, 1.54) is 0 Å². The molecule has 1 N–H and O–H groups in total. The summed E-state index contributed by atoms with van der Waals surface area (Å²) < 4.78 is 11.4. The van der Waals surface area contributed by atoms with Gasteiger partial charge in [-0.05, 0) is 58.0 Å². The Morgan fingerprint density at radius 2 is 1.62 bits per heavy atom. The summed E-state index contributed by atoms with van der Waals surface area (Å²) in [6.45, 7) is 9.96. The second-order valence-corrected chi connectivity index (χ2v) is 8.12. The zero-order valence-corrected chi connectivity index (χ0v) is 19.0. The standard InChI is InChI=1S/C22H28Cl2N2O3/c1-14(2)26(15(3)4)8-9-29-21-13-19(6-7-20(21)28-5)25-22(27)16-10-17(23)12-18(24)11-16/h6-7,10-15H,8-9H2,1-5H3,(H,25,27). The molecule has 0 aliphatic heterocycles. The van der Waals surface area contributed by atoms with E-state index in [1.54, 1.807) is 43.5 Å². The third kappa shape index (κ3) is 6.81. The number of ether oxygens (including phenoxy) is 2. The molecule has 158 valence electrons. The van der Waals surface area contributed by atoms with Crippen molar-refractivity contribution in [1.82, 2.24) is 4.90 Å². The second kappa shape index (κ2) is 10.7. The predicted octanol–water partition coefficient (Wildman–Crippen LogP) is 5.75. The van der Waals surface area contributed by atoms with Crippen LogP contribution in [0.5, 0.6) is 11.5 Å². The molecule has 0 atom stereocenters. The number of anilines is 1. The van der Waals surface area contributed by atoms with Gasteiger partial charge in [-0.1, -0.05) is 23.2 Å². The molecule has 2 rings (SSSR count). The average Bonchev–Trinajstić information content (AvgIpc) is 2.64. The fraction of sp³-hybridized carbons (Fsp3) is 0.409. The van der Waals surface area contributed by atoms with E-state index in [9.17, 15) is 4.79 Å². The molecule has 0 saturated carbocycles. The molecule has 0 bridgehead atoms. The van der Waals surface area contributed by atoms with Crippen LogP contribution in [0.15, 0.2) is 36.4 Å². The quantitative estimate of drug-likeness (QED) is 0.541. The third-order valence-corrected chi connectivity index (χ3v) is 4.92. The van der Waals surface area contributed by atoms with Gasteiger partial charge in [-0.2, -0.15) is 0 Å². The van der Waals surface area contributed by atoms with Crippen LogP contribution < -0.4 is 14.8 Å². The lowest BCUT2D eigenvalue weighted by Gasteiger charge is -2.30. The van der Waals surface area contributed by atoms with Gasteiger partial charge in [-0.15, -0.1) is 0 Å². The Hall–Kier alpha value is -1.95. The van der Waals surface area contributed by atoms with E-state index in [2.05, 4.69) is 37.9 Å². The monoisotopic (exact) mass is 438 g/mol. The van der Waals surface area contributed by atoms with Crippen LogP contribution in [0.3, 0.4) is 0 Å². The molecule has 0 radical (unpaired) electrons. The van der Waals surface area contributed by atoms with E-state index in [-0.39, 0.29) is 5.91 Å². The van der Waals surface area contributed by atoms with Crippen molar-refractivity contribution in [3.05, 3.63) is 52.0 Å². The minimum absolute atomic E-state index is 0.309. The van der Waals surface area contributed by atoms with E-state index in [0.717, 1.165) is 6.54 Å². The molecule has 0 heterocycles. The minimum atomic E-state index is -0.309. The maximum atomic E-state index is 12.5. The van der Waals surface area contributed by atoms with Gasteiger partial charge >= 0.3 is 0 Å². The second-order valence-electron chi connectivity index (χ2n) is 7.25. The lowest BCUT2D eigenvalue weighted by molar-refractivity contribution is 0.102. The van der Waals surface area contributed by atoms with Crippen molar-refractivity contribution < 1.29 is 14.3 Å². The Kier molecular flexibility index (Phi) is 8.62. The highest BCUT2D eigenvalue weighted by Gasteiger charge is 2.15. The molecule has 0 fully saturated rings. The number of nitrogens with zero attached hydrogens (tertiary/aromatic N) is 1. The number of amides is 1. The highest BCUT2D eigenvalue weighted by molar-refractivity contribution is 6.35. The highest BCUT2D eigenvalue weighted by atomic mass is 35.5. The number of rotatable bonds is 9. The first-order chi connectivity index (χ1) is 13.7. The molecule has 0 aromatic heterocycles. The maximum absolute atomic E-state index is 12.5. The molecule has 2 aromatic rings. The number of carbonyl (C=O) groups is 1. The molecule has 2 aromatic carbocycles. The summed E-state index contributed by atoms with van der Waals surface area (Å²) in [5.41, 5.74) is 0.969. The number of nitrogens with one attached hydrogen (secondary N) is 1. The fourth-order valence-electron chi connectivity index (χ4n) is 3.13. The third-order valence-electron chi connectivity index (χ3n) is 4.48. The van der Waals surface area contributed by atoms with Crippen LogP contribution in [0.25, 0.3) is 0 Å². The van der Waals surface area contributed by atoms with Gasteiger partial charge in [0.15, 0.2) is 11.5 Å². The van der Waals surface area contributed by atoms with Crippen molar-refractivity contribution in [3.63, 3.8) is 0 Å². The molecule has 1 amide bonds. The molecular weight excluding hydrogens is 411 g/mol. The summed E-state index contributed by atoms with van der Waals surface area (Å²) >= 11 is 12.0. The largest absolute Gasteiger partial charge is 0.493 e. The van der Waals surface area contributed by atoms with Crippen LogP contribution in [0, 0.1) is 0 Å². The van der Waals surface area contributed by atoms with E-state index >= 15 is 0 Å². The Morgan fingerprint density at radius 3 is 2.17 bits per heavy atom. The van der Waals surface area contributed by atoms with Crippen molar-refractivity contribution in [2.24, 2.45) is 0 Å². The highest BCUT2D eigenvalue weighted by Crippen LogP contribution is 2.31. The fourth-order valence-corrected chi connectivity index (χ4v) is 3.66. The number of hydrogen-bond donors (Lipinski definition) is 1. The smallest absolute Gasteiger partial charge is 0.255 e. The molecule has 0 aliphatic carbocycles. The summed E-state index contributed by atoms with van der Waals surface area (Å²) in [5.74, 6) is 0.868. The summed E-state index contributed by atoms with van der Waals surface area (Å²) in [5, 5.41) is 3.65. The Labute approximate surface area is 182 Å². The van der Waals surface area contributed by atoms with Crippen molar-refractivity contribution >= 4 is 34.8 Å². The summed E-state index contributed by atoms with van der Waals surface area (Å²) in [4.78, 5) is 14.9. The molecule has 0 spiro atoms. The van der Waals surface area contributed by atoms with Crippen LogP contribution in [0.1, 0.15) is 38.1 Å².